The third kappa shape index (κ3) is 8.68. The van der Waals surface area contributed by atoms with Gasteiger partial charge in [0.2, 0.25) is 11.8 Å². The van der Waals surface area contributed by atoms with Gasteiger partial charge in [-0.1, -0.05) is 78.3 Å². The number of nitrogens with one attached hydrogen (secondary N) is 1. The maximum Gasteiger partial charge on any atom is 0.271 e. The zero-order chi connectivity index (χ0) is 32.6. The summed E-state index contributed by atoms with van der Waals surface area (Å²) >= 11 is 6.26. The normalized spacial score (nSPS) is 11.9. The first kappa shape index (κ1) is 33.2. The molecule has 10 nitrogen and oxygen atoms in total. The Labute approximate surface area is 267 Å². The van der Waals surface area contributed by atoms with Crippen molar-refractivity contribution in [1.82, 2.24) is 10.2 Å². The van der Waals surface area contributed by atoms with Gasteiger partial charge in [-0.15, -0.1) is 0 Å². The predicted molar refractivity (Wildman–Crippen MR) is 173 cm³/mol. The van der Waals surface area contributed by atoms with Gasteiger partial charge in [0.25, 0.3) is 15.7 Å². The second kappa shape index (κ2) is 14.8. The van der Waals surface area contributed by atoms with Crippen molar-refractivity contribution in [2.75, 3.05) is 10.8 Å². The molecule has 1 N–H and O–H groups in total. The zero-order valence-corrected chi connectivity index (χ0v) is 26.3. The quantitative estimate of drug-likeness (QED) is 0.148. The molecular formula is C33H33ClN4O6S. The van der Waals surface area contributed by atoms with E-state index in [0.29, 0.717) is 10.6 Å². The molecule has 0 saturated carbocycles. The summed E-state index contributed by atoms with van der Waals surface area (Å²) in [5.41, 5.74) is 0.995. The van der Waals surface area contributed by atoms with E-state index in [0.717, 1.165) is 15.9 Å². The van der Waals surface area contributed by atoms with Crippen LogP contribution in [0.15, 0.2) is 114 Å². The first-order valence-electron chi connectivity index (χ1n) is 14.2. The maximum absolute atomic E-state index is 14.4. The first-order chi connectivity index (χ1) is 21.5. The van der Waals surface area contributed by atoms with E-state index in [1.807, 2.05) is 30.3 Å². The Morgan fingerprint density at radius 1 is 0.867 bits per heavy atom. The minimum atomic E-state index is -4.39. The lowest BCUT2D eigenvalue weighted by molar-refractivity contribution is -0.384. The molecule has 0 spiro atoms. The van der Waals surface area contributed by atoms with Crippen LogP contribution in [0, 0.1) is 10.1 Å². The van der Waals surface area contributed by atoms with Crippen LogP contribution < -0.4 is 9.62 Å². The van der Waals surface area contributed by atoms with Crippen LogP contribution in [0.5, 0.6) is 0 Å². The molecule has 0 bridgehead atoms. The molecule has 0 aromatic heterocycles. The van der Waals surface area contributed by atoms with E-state index >= 15 is 0 Å². The van der Waals surface area contributed by atoms with Crippen molar-refractivity contribution in [3.8, 4) is 0 Å². The van der Waals surface area contributed by atoms with Crippen molar-refractivity contribution in [3.63, 3.8) is 0 Å². The Morgan fingerprint density at radius 2 is 1.49 bits per heavy atom. The van der Waals surface area contributed by atoms with Gasteiger partial charge in [-0.2, -0.15) is 0 Å². The molecular weight excluding hydrogens is 616 g/mol. The fraction of sp³-hybridized carbons (Fsp3) is 0.212. The lowest BCUT2D eigenvalue weighted by Gasteiger charge is -2.34. The van der Waals surface area contributed by atoms with Gasteiger partial charge < -0.3 is 10.2 Å². The van der Waals surface area contributed by atoms with Crippen LogP contribution >= 0.6 is 11.6 Å². The van der Waals surface area contributed by atoms with Crippen molar-refractivity contribution in [2.45, 2.75) is 43.8 Å². The Kier molecular flexibility index (Phi) is 10.9. The number of rotatable bonds is 13. The molecule has 12 heteroatoms. The number of halogens is 1. The number of anilines is 1. The van der Waals surface area contributed by atoms with E-state index in [-0.39, 0.29) is 35.3 Å². The number of amides is 2. The number of hydrogen-bond donors (Lipinski definition) is 1. The van der Waals surface area contributed by atoms with Crippen LogP contribution in [0.3, 0.4) is 0 Å². The molecule has 4 aromatic carbocycles. The number of benzene rings is 4. The average molecular weight is 649 g/mol. The molecule has 0 radical (unpaired) electrons. The van der Waals surface area contributed by atoms with E-state index < -0.39 is 39.3 Å². The van der Waals surface area contributed by atoms with Crippen molar-refractivity contribution in [2.24, 2.45) is 0 Å². The topological polar surface area (TPSA) is 130 Å². The Morgan fingerprint density at radius 3 is 2.11 bits per heavy atom. The molecule has 0 heterocycles. The highest BCUT2D eigenvalue weighted by molar-refractivity contribution is 7.92. The van der Waals surface area contributed by atoms with Gasteiger partial charge in [-0.05, 0) is 55.3 Å². The highest BCUT2D eigenvalue weighted by Gasteiger charge is 2.35. The molecule has 0 aliphatic rings. The largest absolute Gasteiger partial charge is 0.352 e. The van der Waals surface area contributed by atoms with Crippen molar-refractivity contribution in [3.05, 3.63) is 135 Å². The van der Waals surface area contributed by atoms with Gasteiger partial charge in [0, 0.05) is 36.2 Å². The summed E-state index contributed by atoms with van der Waals surface area (Å²) < 4.78 is 28.8. The fourth-order valence-electron chi connectivity index (χ4n) is 4.78. The predicted octanol–water partition coefficient (Wildman–Crippen LogP) is 5.61. The summed E-state index contributed by atoms with van der Waals surface area (Å²) in [6.07, 6.45) is 0.147. The third-order valence-corrected chi connectivity index (χ3v) is 8.91. The molecule has 0 saturated heterocycles. The molecule has 234 valence electrons. The minimum Gasteiger partial charge on any atom is -0.352 e. The summed E-state index contributed by atoms with van der Waals surface area (Å²) in [6.45, 7) is 2.81. The van der Waals surface area contributed by atoms with Gasteiger partial charge in [-0.3, -0.25) is 24.0 Å². The zero-order valence-electron chi connectivity index (χ0n) is 24.7. The number of non-ortho nitro benzene ring substituents is 1. The Hall–Kier alpha value is -4.74. The summed E-state index contributed by atoms with van der Waals surface area (Å²) in [4.78, 5) is 40.3. The maximum atomic E-state index is 14.4. The number of nitro groups is 1. The van der Waals surface area contributed by atoms with Crippen molar-refractivity contribution in [1.29, 1.82) is 0 Å². The third-order valence-electron chi connectivity index (χ3n) is 6.88. The van der Waals surface area contributed by atoms with E-state index in [1.54, 1.807) is 44.2 Å². The number of carbonyl (C=O) groups is 2. The Bertz CT molecular complexity index is 1750. The smallest absolute Gasteiger partial charge is 0.271 e. The number of sulfonamides is 1. The number of nitro benzene ring substituents is 1. The van der Waals surface area contributed by atoms with Crippen molar-refractivity contribution < 1.29 is 22.9 Å². The van der Waals surface area contributed by atoms with Crippen LogP contribution in [0.2, 0.25) is 5.02 Å². The molecule has 2 amide bonds. The number of carbonyl (C=O) groups excluding carboxylic acids is 2. The van der Waals surface area contributed by atoms with Gasteiger partial charge >= 0.3 is 0 Å². The summed E-state index contributed by atoms with van der Waals surface area (Å²) in [7, 11) is -4.39. The second-order valence-corrected chi connectivity index (χ2v) is 12.9. The highest BCUT2D eigenvalue weighted by atomic mass is 35.5. The molecule has 0 fully saturated rings. The molecule has 0 unspecified atom stereocenters. The molecule has 4 aromatic rings. The Balaban J connectivity index is 1.83. The molecule has 1 atom stereocenters. The SMILES string of the molecule is CC(C)NC(=O)[C@@H](Cc1ccccc1)N(Cc1cccc(Cl)c1)C(=O)CN(c1cccc([N+](=O)[O-])c1)S(=O)(=O)c1ccccc1. The first-order valence-corrected chi connectivity index (χ1v) is 16.0. The van der Waals surface area contributed by atoms with Crippen LogP contribution in [0.4, 0.5) is 11.4 Å². The van der Waals surface area contributed by atoms with Gasteiger partial charge in [0.1, 0.15) is 12.6 Å². The van der Waals surface area contributed by atoms with Crippen LogP contribution in [0.25, 0.3) is 0 Å². The summed E-state index contributed by atoms with van der Waals surface area (Å²) in [6, 6.07) is 27.3. The van der Waals surface area contributed by atoms with Crippen molar-refractivity contribution >= 4 is 44.8 Å². The van der Waals surface area contributed by atoms with Gasteiger partial charge in [0.15, 0.2) is 0 Å². The second-order valence-electron chi connectivity index (χ2n) is 10.6. The molecule has 0 aliphatic carbocycles. The molecule has 45 heavy (non-hydrogen) atoms. The average Bonchev–Trinajstić information content (AvgIpc) is 3.02. The summed E-state index contributed by atoms with van der Waals surface area (Å²) in [5.74, 6) is -1.11. The monoisotopic (exact) mass is 648 g/mol. The minimum absolute atomic E-state index is 0.0590. The van der Waals surface area contributed by atoms with Gasteiger partial charge in [0.05, 0.1) is 15.5 Å². The fourth-order valence-corrected chi connectivity index (χ4v) is 6.42. The standard InChI is InChI=1S/C33H33ClN4O6S/c1-24(2)35-33(40)31(20-25-11-5-3-6-12-25)36(22-26-13-9-14-27(34)19-26)32(39)23-37(28-15-10-16-29(21-28)38(41)42)45(43,44)30-17-7-4-8-18-30/h3-19,21,24,31H,20,22-23H2,1-2H3,(H,35,40)/t31-/m1/s1. The molecule has 4 rings (SSSR count). The van der Waals surface area contributed by atoms with E-state index in [4.69, 9.17) is 11.6 Å². The van der Waals surface area contributed by atoms with E-state index in [2.05, 4.69) is 5.32 Å². The molecule has 0 aliphatic heterocycles. The lowest BCUT2D eigenvalue weighted by atomic mass is 10.0. The highest BCUT2D eigenvalue weighted by Crippen LogP contribution is 2.28. The van der Waals surface area contributed by atoms with Crippen LogP contribution in [-0.2, 0) is 32.6 Å². The van der Waals surface area contributed by atoms with Gasteiger partial charge in [-0.25, -0.2) is 8.42 Å². The number of nitrogens with zero attached hydrogens (tertiary/aromatic N) is 3. The van der Waals surface area contributed by atoms with Crippen LogP contribution in [-0.4, -0.2) is 48.7 Å². The van der Waals surface area contributed by atoms with E-state index in [9.17, 15) is 28.1 Å². The number of hydrogen-bond acceptors (Lipinski definition) is 6. The van der Waals surface area contributed by atoms with Crippen LogP contribution in [0.1, 0.15) is 25.0 Å². The van der Waals surface area contributed by atoms with E-state index in [1.165, 1.54) is 47.4 Å². The summed E-state index contributed by atoms with van der Waals surface area (Å²) in [5, 5.41) is 14.9. The lowest BCUT2D eigenvalue weighted by Crippen LogP contribution is -2.54.